The van der Waals surface area contributed by atoms with E-state index in [0.717, 1.165) is 5.33 Å². The molecule has 1 rings (SSSR count). The summed E-state index contributed by atoms with van der Waals surface area (Å²) in [5, 5.41) is 9.39. The van der Waals surface area contributed by atoms with Crippen LogP contribution in [0, 0.1) is 11.3 Å². The normalized spacial score (nSPS) is 10.1. The van der Waals surface area contributed by atoms with Gasteiger partial charge in [0.15, 0.2) is 0 Å². The van der Waals surface area contributed by atoms with Crippen molar-refractivity contribution in [1.82, 2.24) is 9.88 Å². The fourth-order valence-corrected chi connectivity index (χ4v) is 1.80. The van der Waals surface area contributed by atoms with Crippen molar-refractivity contribution in [3.63, 3.8) is 0 Å². The number of carbonyl (C=O) groups excluding carboxylic acids is 1. The highest BCUT2D eigenvalue weighted by atomic mass is 79.9. The lowest BCUT2D eigenvalue weighted by molar-refractivity contribution is 0.0713. The van der Waals surface area contributed by atoms with Crippen molar-refractivity contribution in [2.75, 3.05) is 11.9 Å². The average Bonchev–Trinajstić information content (AvgIpc) is 2.35. The van der Waals surface area contributed by atoms with Crippen LogP contribution in [0.5, 0.6) is 0 Å². The number of nitrogens with zero attached hydrogens (tertiary/aromatic N) is 3. The quantitative estimate of drug-likeness (QED) is 0.800. The SMILES string of the molecule is CC(C)N(CCBr)C(=O)c1ccc(C#N)cn1. The monoisotopic (exact) mass is 295 g/mol. The molecule has 0 bridgehead atoms. The number of amides is 1. The Hall–Kier alpha value is -1.41. The van der Waals surface area contributed by atoms with E-state index in [0.29, 0.717) is 17.8 Å². The van der Waals surface area contributed by atoms with Gasteiger partial charge >= 0.3 is 0 Å². The predicted octanol–water partition coefficient (Wildman–Crippen LogP) is 2.20. The van der Waals surface area contributed by atoms with E-state index < -0.39 is 0 Å². The molecule has 0 radical (unpaired) electrons. The summed E-state index contributed by atoms with van der Waals surface area (Å²) in [6.45, 7) is 4.56. The topological polar surface area (TPSA) is 57.0 Å². The maximum Gasteiger partial charge on any atom is 0.272 e. The first-order valence-corrected chi connectivity index (χ1v) is 6.45. The fourth-order valence-electron chi connectivity index (χ4n) is 1.42. The molecule has 1 heterocycles. The highest BCUT2D eigenvalue weighted by molar-refractivity contribution is 9.09. The van der Waals surface area contributed by atoms with Crippen LogP contribution in [0.3, 0.4) is 0 Å². The van der Waals surface area contributed by atoms with Crippen molar-refractivity contribution in [2.24, 2.45) is 0 Å². The smallest absolute Gasteiger partial charge is 0.272 e. The summed E-state index contributed by atoms with van der Waals surface area (Å²) in [4.78, 5) is 17.9. The summed E-state index contributed by atoms with van der Waals surface area (Å²) in [6, 6.07) is 5.29. The molecule has 0 atom stereocenters. The van der Waals surface area contributed by atoms with Gasteiger partial charge in [-0.05, 0) is 26.0 Å². The predicted molar refractivity (Wildman–Crippen MR) is 68.9 cm³/mol. The van der Waals surface area contributed by atoms with Crippen molar-refractivity contribution in [1.29, 1.82) is 5.26 Å². The fraction of sp³-hybridized carbons (Fsp3) is 0.417. The van der Waals surface area contributed by atoms with Crippen LogP contribution >= 0.6 is 15.9 Å². The molecule has 0 aliphatic carbocycles. The van der Waals surface area contributed by atoms with Gasteiger partial charge in [-0.25, -0.2) is 4.98 Å². The molecular weight excluding hydrogens is 282 g/mol. The Bertz CT molecular complexity index is 422. The van der Waals surface area contributed by atoms with Gasteiger partial charge in [0.05, 0.1) is 5.56 Å². The van der Waals surface area contributed by atoms with Crippen molar-refractivity contribution in [3.8, 4) is 6.07 Å². The molecule has 0 fully saturated rings. The van der Waals surface area contributed by atoms with Crippen LogP contribution in [-0.2, 0) is 0 Å². The zero-order chi connectivity index (χ0) is 12.8. The van der Waals surface area contributed by atoms with Gasteiger partial charge in [-0.1, -0.05) is 15.9 Å². The highest BCUT2D eigenvalue weighted by Gasteiger charge is 2.18. The van der Waals surface area contributed by atoms with E-state index in [1.807, 2.05) is 19.9 Å². The first-order valence-electron chi connectivity index (χ1n) is 5.33. The standard InChI is InChI=1S/C12H14BrN3O/c1-9(2)16(6-5-13)12(17)11-4-3-10(7-14)8-15-11/h3-4,8-9H,5-6H2,1-2H3. The molecule has 0 aliphatic heterocycles. The number of hydrogen-bond donors (Lipinski definition) is 0. The lowest BCUT2D eigenvalue weighted by Crippen LogP contribution is -2.38. The Balaban J connectivity index is 2.90. The number of hydrogen-bond acceptors (Lipinski definition) is 3. The number of pyridine rings is 1. The van der Waals surface area contributed by atoms with E-state index in [2.05, 4.69) is 20.9 Å². The van der Waals surface area contributed by atoms with Crippen molar-refractivity contribution in [2.45, 2.75) is 19.9 Å². The van der Waals surface area contributed by atoms with Gasteiger partial charge in [-0.2, -0.15) is 5.26 Å². The summed E-state index contributed by atoms with van der Waals surface area (Å²) < 4.78 is 0. The molecule has 1 aromatic heterocycles. The minimum absolute atomic E-state index is 0.107. The summed E-state index contributed by atoms with van der Waals surface area (Å²) in [6.07, 6.45) is 1.42. The first-order chi connectivity index (χ1) is 8.10. The summed E-state index contributed by atoms with van der Waals surface area (Å²) >= 11 is 3.32. The molecule has 4 nitrogen and oxygen atoms in total. The molecule has 0 aliphatic rings. The van der Waals surface area contributed by atoms with Gasteiger partial charge in [0, 0.05) is 24.1 Å². The zero-order valence-electron chi connectivity index (χ0n) is 9.85. The van der Waals surface area contributed by atoms with Gasteiger partial charge in [0.1, 0.15) is 11.8 Å². The van der Waals surface area contributed by atoms with Crippen LogP contribution in [0.4, 0.5) is 0 Å². The molecular formula is C12H14BrN3O. The summed E-state index contributed by atoms with van der Waals surface area (Å²) in [5.74, 6) is -0.107. The maximum absolute atomic E-state index is 12.1. The summed E-state index contributed by atoms with van der Waals surface area (Å²) in [5.41, 5.74) is 0.830. The van der Waals surface area contributed by atoms with Crippen molar-refractivity contribution < 1.29 is 4.79 Å². The number of carbonyl (C=O) groups is 1. The van der Waals surface area contributed by atoms with Gasteiger partial charge in [0.2, 0.25) is 0 Å². The molecule has 0 saturated heterocycles. The van der Waals surface area contributed by atoms with Crippen LogP contribution in [0.25, 0.3) is 0 Å². The molecule has 0 unspecified atom stereocenters. The Morgan fingerprint density at radius 2 is 2.29 bits per heavy atom. The number of nitriles is 1. The van der Waals surface area contributed by atoms with E-state index in [1.54, 1.807) is 17.0 Å². The second-order valence-electron chi connectivity index (χ2n) is 3.83. The Labute approximate surface area is 109 Å². The van der Waals surface area contributed by atoms with Crippen LogP contribution in [0.1, 0.15) is 29.9 Å². The molecule has 0 aromatic carbocycles. The highest BCUT2D eigenvalue weighted by Crippen LogP contribution is 2.07. The van der Waals surface area contributed by atoms with E-state index in [4.69, 9.17) is 5.26 Å². The molecule has 0 spiro atoms. The lowest BCUT2D eigenvalue weighted by Gasteiger charge is -2.25. The molecule has 1 aromatic rings. The van der Waals surface area contributed by atoms with E-state index >= 15 is 0 Å². The minimum atomic E-state index is -0.107. The second kappa shape index (κ2) is 6.36. The molecule has 17 heavy (non-hydrogen) atoms. The second-order valence-corrected chi connectivity index (χ2v) is 4.62. The van der Waals surface area contributed by atoms with E-state index in [-0.39, 0.29) is 11.9 Å². The van der Waals surface area contributed by atoms with Crippen LogP contribution in [-0.4, -0.2) is 33.7 Å². The van der Waals surface area contributed by atoms with Gasteiger partial charge in [-0.3, -0.25) is 4.79 Å². The van der Waals surface area contributed by atoms with E-state index in [1.165, 1.54) is 6.20 Å². The molecule has 5 heteroatoms. The number of halogens is 1. The Morgan fingerprint density at radius 3 is 2.71 bits per heavy atom. The molecule has 1 amide bonds. The zero-order valence-corrected chi connectivity index (χ0v) is 11.4. The van der Waals surface area contributed by atoms with Gasteiger partial charge < -0.3 is 4.90 Å². The number of rotatable bonds is 4. The van der Waals surface area contributed by atoms with Gasteiger partial charge in [0.25, 0.3) is 5.91 Å². The van der Waals surface area contributed by atoms with Crippen LogP contribution in [0.2, 0.25) is 0 Å². The molecule has 0 saturated carbocycles. The number of aromatic nitrogens is 1. The molecule has 90 valence electrons. The molecule has 0 N–H and O–H groups in total. The van der Waals surface area contributed by atoms with Gasteiger partial charge in [-0.15, -0.1) is 0 Å². The Morgan fingerprint density at radius 1 is 1.59 bits per heavy atom. The van der Waals surface area contributed by atoms with Crippen molar-refractivity contribution in [3.05, 3.63) is 29.6 Å². The largest absolute Gasteiger partial charge is 0.334 e. The number of alkyl halides is 1. The van der Waals surface area contributed by atoms with Crippen molar-refractivity contribution >= 4 is 21.8 Å². The minimum Gasteiger partial charge on any atom is -0.334 e. The Kier molecular flexibility index (Phi) is 5.11. The third kappa shape index (κ3) is 3.53. The first kappa shape index (κ1) is 13.7. The average molecular weight is 296 g/mol. The van der Waals surface area contributed by atoms with E-state index in [9.17, 15) is 4.79 Å². The maximum atomic E-state index is 12.1. The lowest BCUT2D eigenvalue weighted by atomic mass is 10.2. The van der Waals surface area contributed by atoms with Crippen LogP contribution in [0.15, 0.2) is 18.3 Å². The van der Waals surface area contributed by atoms with Crippen LogP contribution < -0.4 is 0 Å². The third-order valence-electron chi connectivity index (χ3n) is 2.32. The third-order valence-corrected chi connectivity index (χ3v) is 2.68. The summed E-state index contributed by atoms with van der Waals surface area (Å²) in [7, 11) is 0.